The fourth-order valence-electron chi connectivity index (χ4n) is 2.32. The minimum atomic E-state index is -0.444. The van der Waals surface area contributed by atoms with Gasteiger partial charge < -0.3 is 4.74 Å². The Morgan fingerprint density at radius 1 is 1.47 bits per heavy atom. The highest BCUT2D eigenvalue weighted by molar-refractivity contribution is 5.79. The summed E-state index contributed by atoms with van der Waals surface area (Å²) in [5.74, 6) is 0.417. The number of esters is 1. The Kier molecular flexibility index (Phi) is 3.72. The molecule has 0 atom stereocenters. The summed E-state index contributed by atoms with van der Waals surface area (Å²) in [4.78, 5) is 11.7. The number of methoxy groups -OCH3 is 1. The molecule has 1 fully saturated rings. The molecule has 0 amide bonds. The van der Waals surface area contributed by atoms with Crippen molar-refractivity contribution in [3.63, 3.8) is 0 Å². The third-order valence-electron chi connectivity index (χ3n) is 3.56. The number of carbonyl (C=O) groups is 1. The van der Waals surface area contributed by atoms with Crippen LogP contribution in [0.3, 0.4) is 0 Å². The molecule has 0 unspecified atom stereocenters. The van der Waals surface area contributed by atoms with E-state index in [1.54, 1.807) is 6.08 Å². The van der Waals surface area contributed by atoms with E-state index in [9.17, 15) is 4.79 Å². The molecule has 0 aromatic carbocycles. The number of ether oxygens (including phenoxy) is 1. The highest BCUT2D eigenvalue weighted by Gasteiger charge is 2.40. The largest absolute Gasteiger partial charge is 0.468 e. The molecule has 1 rings (SSSR count). The minimum Gasteiger partial charge on any atom is -0.468 e. The normalized spacial score (nSPS) is 30.7. The zero-order chi connectivity index (χ0) is 11.5. The van der Waals surface area contributed by atoms with Crippen LogP contribution >= 0.6 is 0 Å². The van der Waals surface area contributed by atoms with Crippen LogP contribution in [-0.2, 0) is 9.53 Å². The van der Waals surface area contributed by atoms with Crippen molar-refractivity contribution in [3.05, 3.63) is 24.8 Å². The van der Waals surface area contributed by atoms with Gasteiger partial charge in [0.25, 0.3) is 0 Å². The van der Waals surface area contributed by atoms with Gasteiger partial charge in [-0.25, -0.2) is 0 Å². The summed E-state index contributed by atoms with van der Waals surface area (Å²) in [5.41, 5.74) is 0.776. The Labute approximate surface area is 92.0 Å². The lowest BCUT2D eigenvalue weighted by molar-refractivity contribution is -0.151. The maximum absolute atomic E-state index is 11.7. The molecular formula is C13H20O2. The summed E-state index contributed by atoms with van der Waals surface area (Å²) >= 11 is 0. The van der Waals surface area contributed by atoms with Gasteiger partial charge in [0.05, 0.1) is 12.5 Å². The average Bonchev–Trinajstić information content (AvgIpc) is 2.27. The van der Waals surface area contributed by atoms with E-state index in [1.165, 1.54) is 12.7 Å². The van der Waals surface area contributed by atoms with Crippen LogP contribution in [0.25, 0.3) is 0 Å². The van der Waals surface area contributed by atoms with E-state index in [0.717, 1.165) is 25.7 Å². The van der Waals surface area contributed by atoms with Crippen LogP contribution in [0.4, 0.5) is 0 Å². The van der Waals surface area contributed by atoms with Crippen LogP contribution in [0.2, 0.25) is 0 Å². The van der Waals surface area contributed by atoms with Crippen LogP contribution in [0, 0.1) is 11.3 Å². The first kappa shape index (κ1) is 12.0. The SMILES string of the molecule is C=CC1(C(=O)OC)CCC(C(=C)C)CC1. The number of hydrogen-bond acceptors (Lipinski definition) is 2. The van der Waals surface area contributed by atoms with Gasteiger partial charge in [-0.3, -0.25) is 4.79 Å². The third kappa shape index (κ3) is 2.31. The molecule has 0 aromatic rings. The molecule has 1 aliphatic rings. The van der Waals surface area contributed by atoms with Crippen LogP contribution in [-0.4, -0.2) is 13.1 Å². The maximum Gasteiger partial charge on any atom is 0.315 e. The average molecular weight is 208 g/mol. The molecule has 0 bridgehead atoms. The number of rotatable bonds is 3. The first-order chi connectivity index (χ1) is 7.05. The lowest BCUT2D eigenvalue weighted by Crippen LogP contribution is -2.34. The van der Waals surface area contributed by atoms with Gasteiger partial charge in [-0.05, 0) is 38.5 Å². The molecule has 0 N–H and O–H groups in total. The van der Waals surface area contributed by atoms with Crippen LogP contribution < -0.4 is 0 Å². The zero-order valence-electron chi connectivity index (χ0n) is 9.71. The molecule has 2 nitrogen and oxygen atoms in total. The predicted octanol–water partition coefficient (Wildman–Crippen LogP) is 3.10. The van der Waals surface area contributed by atoms with E-state index >= 15 is 0 Å². The lowest BCUT2D eigenvalue weighted by Gasteiger charge is -2.35. The van der Waals surface area contributed by atoms with E-state index in [0.29, 0.717) is 5.92 Å². The summed E-state index contributed by atoms with van der Waals surface area (Å²) in [5, 5.41) is 0. The molecule has 0 aromatic heterocycles. The van der Waals surface area contributed by atoms with E-state index < -0.39 is 5.41 Å². The standard InChI is InChI=1S/C13H20O2/c1-5-13(12(14)15-4)8-6-11(7-9-13)10(2)3/h5,11H,1-2,6-9H2,3-4H3. The van der Waals surface area contributed by atoms with E-state index in [-0.39, 0.29) is 5.97 Å². The topological polar surface area (TPSA) is 26.3 Å². The van der Waals surface area contributed by atoms with Gasteiger partial charge in [0.2, 0.25) is 0 Å². The van der Waals surface area contributed by atoms with Gasteiger partial charge in [-0.1, -0.05) is 18.2 Å². The molecule has 15 heavy (non-hydrogen) atoms. The first-order valence-electron chi connectivity index (χ1n) is 5.43. The fourth-order valence-corrected chi connectivity index (χ4v) is 2.32. The summed E-state index contributed by atoms with van der Waals surface area (Å²) < 4.78 is 4.85. The first-order valence-corrected chi connectivity index (χ1v) is 5.43. The Bertz CT molecular complexity index is 270. The van der Waals surface area contributed by atoms with Crippen molar-refractivity contribution >= 4 is 5.97 Å². The summed E-state index contributed by atoms with van der Waals surface area (Å²) in [6.07, 6.45) is 5.45. The van der Waals surface area contributed by atoms with Gasteiger partial charge in [0.15, 0.2) is 0 Å². The fraction of sp³-hybridized carbons (Fsp3) is 0.615. The Hall–Kier alpha value is -1.05. The Morgan fingerprint density at radius 2 is 2.00 bits per heavy atom. The van der Waals surface area contributed by atoms with Gasteiger partial charge >= 0.3 is 5.97 Å². The van der Waals surface area contributed by atoms with E-state index in [4.69, 9.17) is 4.74 Å². The molecule has 0 heterocycles. The summed E-state index contributed by atoms with van der Waals surface area (Å²) in [7, 11) is 1.44. The lowest BCUT2D eigenvalue weighted by atomic mass is 9.69. The zero-order valence-corrected chi connectivity index (χ0v) is 9.71. The van der Waals surface area contributed by atoms with Crippen molar-refractivity contribution in [2.75, 3.05) is 7.11 Å². The van der Waals surface area contributed by atoms with E-state index in [1.807, 2.05) is 0 Å². The quantitative estimate of drug-likeness (QED) is 0.526. The second-order valence-corrected chi connectivity index (χ2v) is 4.47. The molecule has 0 saturated heterocycles. The van der Waals surface area contributed by atoms with Crippen molar-refractivity contribution in [1.82, 2.24) is 0 Å². The molecule has 84 valence electrons. The Morgan fingerprint density at radius 3 is 2.33 bits per heavy atom. The van der Waals surface area contributed by atoms with Crippen LogP contribution in [0.5, 0.6) is 0 Å². The van der Waals surface area contributed by atoms with Crippen molar-refractivity contribution in [2.24, 2.45) is 11.3 Å². The van der Waals surface area contributed by atoms with Crippen LogP contribution in [0.15, 0.2) is 24.8 Å². The van der Waals surface area contributed by atoms with Crippen LogP contribution in [0.1, 0.15) is 32.6 Å². The van der Waals surface area contributed by atoms with Crippen molar-refractivity contribution < 1.29 is 9.53 Å². The Balaban J connectivity index is 2.70. The van der Waals surface area contributed by atoms with Gasteiger partial charge in [0.1, 0.15) is 0 Å². The van der Waals surface area contributed by atoms with Crippen molar-refractivity contribution in [3.8, 4) is 0 Å². The number of allylic oxidation sites excluding steroid dienone is 1. The molecule has 0 aliphatic heterocycles. The van der Waals surface area contributed by atoms with Gasteiger partial charge in [-0.2, -0.15) is 0 Å². The third-order valence-corrected chi connectivity index (χ3v) is 3.56. The molecule has 1 aliphatic carbocycles. The van der Waals surface area contributed by atoms with Crippen molar-refractivity contribution in [2.45, 2.75) is 32.6 Å². The summed E-state index contributed by atoms with van der Waals surface area (Å²) in [6.45, 7) is 9.81. The number of carbonyl (C=O) groups excluding carboxylic acids is 1. The highest BCUT2D eigenvalue weighted by atomic mass is 16.5. The minimum absolute atomic E-state index is 0.141. The molecule has 2 heteroatoms. The highest BCUT2D eigenvalue weighted by Crippen LogP contribution is 2.42. The van der Waals surface area contributed by atoms with Gasteiger partial charge in [0, 0.05) is 0 Å². The van der Waals surface area contributed by atoms with Crippen molar-refractivity contribution in [1.29, 1.82) is 0 Å². The predicted molar refractivity (Wildman–Crippen MR) is 61.4 cm³/mol. The van der Waals surface area contributed by atoms with E-state index in [2.05, 4.69) is 20.1 Å². The van der Waals surface area contributed by atoms with Gasteiger partial charge in [-0.15, -0.1) is 6.58 Å². The molecule has 0 spiro atoms. The number of hydrogen-bond donors (Lipinski definition) is 0. The monoisotopic (exact) mass is 208 g/mol. The molecule has 1 saturated carbocycles. The molecular weight excluding hydrogens is 188 g/mol. The smallest absolute Gasteiger partial charge is 0.315 e. The maximum atomic E-state index is 11.7. The summed E-state index contributed by atoms with van der Waals surface area (Å²) in [6, 6.07) is 0. The second-order valence-electron chi connectivity index (χ2n) is 4.47. The second kappa shape index (κ2) is 4.65. The molecule has 0 radical (unpaired) electrons.